The predicted molar refractivity (Wildman–Crippen MR) is 90.7 cm³/mol. The molecule has 1 aromatic carbocycles. The van der Waals surface area contributed by atoms with E-state index in [-0.39, 0.29) is 0 Å². The molecule has 0 aliphatic carbocycles. The van der Waals surface area contributed by atoms with Gasteiger partial charge in [-0.05, 0) is 51.0 Å². The first-order valence-electron chi connectivity index (χ1n) is 8.40. The number of hydrogen-bond donors (Lipinski definition) is 1. The van der Waals surface area contributed by atoms with Crippen LogP contribution in [-0.4, -0.2) is 55.6 Å². The van der Waals surface area contributed by atoms with Crippen LogP contribution in [0, 0.1) is 0 Å². The molecule has 0 amide bonds. The summed E-state index contributed by atoms with van der Waals surface area (Å²) in [6.45, 7) is 11.4. The van der Waals surface area contributed by atoms with Gasteiger partial charge in [-0.3, -0.25) is 4.90 Å². The Kier molecular flexibility index (Phi) is 6.68. The highest BCUT2D eigenvalue weighted by atomic mass is 15.3. The van der Waals surface area contributed by atoms with Gasteiger partial charge >= 0.3 is 0 Å². The zero-order valence-electron chi connectivity index (χ0n) is 13.9. The van der Waals surface area contributed by atoms with Crippen LogP contribution in [0.25, 0.3) is 0 Å². The van der Waals surface area contributed by atoms with Gasteiger partial charge in [0.1, 0.15) is 0 Å². The van der Waals surface area contributed by atoms with Gasteiger partial charge in [-0.15, -0.1) is 0 Å². The van der Waals surface area contributed by atoms with Crippen molar-refractivity contribution < 1.29 is 0 Å². The molecule has 1 atom stereocenters. The topological polar surface area (TPSA) is 18.5 Å². The lowest BCUT2D eigenvalue weighted by atomic mass is 10.0. The smallest absolute Gasteiger partial charge is 0.0240 e. The van der Waals surface area contributed by atoms with Gasteiger partial charge in [0.15, 0.2) is 0 Å². The van der Waals surface area contributed by atoms with Crippen LogP contribution < -0.4 is 5.32 Å². The van der Waals surface area contributed by atoms with Crippen molar-refractivity contribution in [3.05, 3.63) is 35.4 Å². The maximum atomic E-state index is 3.51. The summed E-state index contributed by atoms with van der Waals surface area (Å²) in [4.78, 5) is 5.06. The lowest BCUT2D eigenvalue weighted by Crippen LogP contribution is -2.49. The highest BCUT2D eigenvalue weighted by Gasteiger charge is 2.21. The van der Waals surface area contributed by atoms with Crippen molar-refractivity contribution in [2.75, 3.05) is 39.8 Å². The average molecular weight is 289 g/mol. The monoisotopic (exact) mass is 289 g/mol. The van der Waals surface area contributed by atoms with E-state index in [4.69, 9.17) is 0 Å². The van der Waals surface area contributed by atoms with Crippen LogP contribution in [0.3, 0.4) is 0 Å². The summed E-state index contributed by atoms with van der Waals surface area (Å²) in [6.07, 6.45) is 2.35. The van der Waals surface area contributed by atoms with E-state index < -0.39 is 0 Å². The average Bonchev–Trinajstić information content (AvgIpc) is 2.48. The Morgan fingerprint density at radius 2 is 1.90 bits per heavy atom. The molecule has 2 rings (SSSR count). The number of piperazine rings is 1. The van der Waals surface area contributed by atoms with E-state index in [0.717, 1.165) is 26.1 Å². The molecule has 1 aliphatic heterocycles. The highest BCUT2D eigenvalue weighted by molar-refractivity contribution is 5.27. The molecule has 1 aliphatic rings. The second kappa shape index (κ2) is 8.52. The van der Waals surface area contributed by atoms with Crippen molar-refractivity contribution in [1.82, 2.24) is 15.1 Å². The number of hydrogen-bond acceptors (Lipinski definition) is 3. The Labute approximate surface area is 130 Å². The number of likely N-dealkylation sites (N-methyl/N-ethyl adjacent to an activating group) is 1. The van der Waals surface area contributed by atoms with Crippen molar-refractivity contribution >= 4 is 0 Å². The van der Waals surface area contributed by atoms with Gasteiger partial charge in [0.2, 0.25) is 0 Å². The molecule has 118 valence electrons. The number of rotatable bonds is 7. The zero-order chi connectivity index (χ0) is 15.1. The molecule has 0 spiro atoms. The summed E-state index contributed by atoms with van der Waals surface area (Å²) in [5, 5.41) is 3.51. The lowest BCUT2D eigenvalue weighted by Gasteiger charge is -2.38. The summed E-state index contributed by atoms with van der Waals surface area (Å²) >= 11 is 0. The van der Waals surface area contributed by atoms with E-state index in [0.29, 0.717) is 6.04 Å². The van der Waals surface area contributed by atoms with E-state index >= 15 is 0 Å². The molecule has 21 heavy (non-hydrogen) atoms. The number of benzene rings is 1. The van der Waals surface area contributed by atoms with Gasteiger partial charge < -0.3 is 10.2 Å². The summed E-state index contributed by atoms with van der Waals surface area (Å²) < 4.78 is 0. The van der Waals surface area contributed by atoms with Gasteiger partial charge in [0.25, 0.3) is 0 Å². The van der Waals surface area contributed by atoms with Crippen LogP contribution in [0.4, 0.5) is 0 Å². The second-order valence-corrected chi connectivity index (χ2v) is 6.35. The van der Waals surface area contributed by atoms with Crippen molar-refractivity contribution in [3.63, 3.8) is 0 Å². The van der Waals surface area contributed by atoms with Gasteiger partial charge in [-0.1, -0.05) is 31.2 Å². The fourth-order valence-electron chi connectivity index (χ4n) is 3.11. The van der Waals surface area contributed by atoms with Gasteiger partial charge in [-0.25, -0.2) is 0 Å². The van der Waals surface area contributed by atoms with Crippen LogP contribution >= 0.6 is 0 Å². The minimum atomic E-state index is 0.648. The van der Waals surface area contributed by atoms with E-state index in [1.807, 2.05) is 0 Å². The molecule has 1 heterocycles. The molecule has 3 heteroatoms. The molecule has 0 radical (unpaired) electrons. The molecule has 0 bridgehead atoms. The van der Waals surface area contributed by atoms with Gasteiger partial charge in [0, 0.05) is 32.2 Å². The highest BCUT2D eigenvalue weighted by Crippen LogP contribution is 2.16. The second-order valence-electron chi connectivity index (χ2n) is 6.35. The molecule has 1 aromatic rings. The third-order valence-corrected chi connectivity index (χ3v) is 4.46. The molecule has 1 fully saturated rings. The molecular formula is C18H31N3. The van der Waals surface area contributed by atoms with Crippen molar-refractivity contribution in [2.45, 2.75) is 39.3 Å². The minimum Gasteiger partial charge on any atom is -0.316 e. The number of nitrogens with one attached hydrogen (secondary N) is 1. The van der Waals surface area contributed by atoms with Crippen LogP contribution in [0.15, 0.2) is 24.3 Å². The third-order valence-electron chi connectivity index (χ3n) is 4.46. The normalized spacial score (nSPS) is 20.8. The van der Waals surface area contributed by atoms with E-state index in [9.17, 15) is 0 Å². The van der Waals surface area contributed by atoms with E-state index in [2.05, 4.69) is 60.3 Å². The first kappa shape index (κ1) is 16.5. The maximum Gasteiger partial charge on any atom is 0.0240 e. The third kappa shape index (κ3) is 5.10. The predicted octanol–water partition coefficient (Wildman–Crippen LogP) is 2.36. The Bertz CT molecular complexity index is 419. The summed E-state index contributed by atoms with van der Waals surface area (Å²) in [5.74, 6) is 0. The molecule has 0 saturated carbocycles. The maximum absolute atomic E-state index is 3.51. The molecule has 1 N–H and O–H groups in total. The summed E-state index contributed by atoms with van der Waals surface area (Å²) in [7, 11) is 2.22. The van der Waals surface area contributed by atoms with Crippen LogP contribution in [0.5, 0.6) is 0 Å². The first-order valence-corrected chi connectivity index (χ1v) is 8.40. The minimum absolute atomic E-state index is 0.648. The summed E-state index contributed by atoms with van der Waals surface area (Å²) in [6, 6.07) is 9.60. The fourth-order valence-corrected chi connectivity index (χ4v) is 3.11. The van der Waals surface area contributed by atoms with E-state index in [1.54, 1.807) is 0 Å². The largest absolute Gasteiger partial charge is 0.316 e. The van der Waals surface area contributed by atoms with Crippen LogP contribution in [0.1, 0.15) is 31.4 Å². The van der Waals surface area contributed by atoms with Crippen LogP contribution in [-0.2, 0) is 13.0 Å². The zero-order valence-corrected chi connectivity index (χ0v) is 13.9. The van der Waals surface area contributed by atoms with E-state index in [1.165, 1.54) is 37.2 Å². The van der Waals surface area contributed by atoms with Gasteiger partial charge in [-0.2, -0.15) is 0 Å². The Hall–Kier alpha value is -0.900. The molecular weight excluding hydrogens is 258 g/mol. The molecule has 3 nitrogen and oxygen atoms in total. The first-order chi connectivity index (χ1) is 10.2. The van der Waals surface area contributed by atoms with Gasteiger partial charge in [0.05, 0.1) is 0 Å². The Morgan fingerprint density at radius 3 is 2.62 bits per heavy atom. The summed E-state index contributed by atoms with van der Waals surface area (Å²) in [5.41, 5.74) is 3.01. The molecule has 1 unspecified atom stereocenters. The van der Waals surface area contributed by atoms with Crippen molar-refractivity contribution in [2.24, 2.45) is 0 Å². The molecule has 1 saturated heterocycles. The Balaban J connectivity index is 1.93. The van der Waals surface area contributed by atoms with Crippen molar-refractivity contribution in [3.8, 4) is 0 Å². The fraction of sp³-hybridized carbons (Fsp3) is 0.667. The standard InChI is InChI=1S/C18H31N3/c1-4-10-19-11-9-17-7-5-6-8-18(17)15-21-13-12-20(3)14-16(21)2/h5-8,16,19H,4,9-15H2,1-3H3. The Morgan fingerprint density at radius 1 is 1.14 bits per heavy atom. The molecule has 0 aromatic heterocycles. The SMILES string of the molecule is CCCNCCc1ccccc1CN1CCN(C)CC1C. The quantitative estimate of drug-likeness (QED) is 0.778. The van der Waals surface area contributed by atoms with Crippen molar-refractivity contribution in [1.29, 1.82) is 0 Å². The number of nitrogens with zero attached hydrogens (tertiary/aromatic N) is 2. The lowest BCUT2D eigenvalue weighted by molar-refractivity contribution is 0.0936. The van der Waals surface area contributed by atoms with Crippen LogP contribution in [0.2, 0.25) is 0 Å².